The third-order valence-electron chi connectivity index (χ3n) is 3.54. The number of nitrogens with two attached hydrogens (primary N) is 1. The molecule has 124 valence electrons. The normalized spacial score (nSPS) is 16.5. The highest BCUT2D eigenvalue weighted by Crippen LogP contribution is 2.17. The van der Waals surface area contributed by atoms with E-state index in [1.54, 1.807) is 12.1 Å². The van der Waals surface area contributed by atoms with Crippen LogP contribution in [0.3, 0.4) is 0 Å². The van der Waals surface area contributed by atoms with E-state index in [0.717, 1.165) is 12.8 Å². The topological polar surface area (TPSA) is 73.6 Å². The van der Waals surface area contributed by atoms with Crippen LogP contribution >= 0.6 is 12.4 Å². The van der Waals surface area contributed by atoms with Crippen molar-refractivity contribution in [2.24, 2.45) is 11.7 Å². The summed E-state index contributed by atoms with van der Waals surface area (Å²) < 4.78 is 23.5. The second-order valence-electron chi connectivity index (χ2n) is 5.07. The number of ether oxygens (including phenoxy) is 2. The van der Waals surface area contributed by atoms with Gasteiger partial charge in [0, 0.05) is 19.3 Å². The van der Waals surface area contributed by atoms with Gasteiger partial charge in [0.25, 0.3) is 0 Å². The van der Waals surface area contributed by atoms with Gasteiger partial charge in [-0.2, -0.15) is 0 Å². The van der Waals surface area contributed by atoms with E-state index in [2.05, 4.69) is 5.32 Å². The molecule has 0 bridgehead atoms. The molecule has 0 saturated carbocycles. The molecule has 1 heterocycles. The molecule has 0 aromatic heterocycles. The molecule has 1 saturated heterocycles. The standard InChI is InChI=1S/C15H21FN2O3.ClH/c16-12-2-1-3-13(10-12)21-9-6-18-15(19)14(17)11-4-7-20-8-5-11;/h1-3,10-11,14H,4-9,17H2,(H,18,19);1H. The molecule has 1 aliphatic rings. The van der Waals surface area contributed by atoms with Crippen LogP contribution in [0, 0.1) is 11.7 Å². The molecular weight excluding hydrogens is 311 g/mol. The lowest BCUT2D eigenvalue weighted by molar-refractivity contribution is -0.124. The minimum atomic E-state index is -0.511. The Kier molecular flexibility index (Phi) is 8.16. The Hall–Kier alpha value is -1.37. The zero-order chi connectivity index (χ0) is 15.1. The summed E-state index contributed by atoms with van der Waals surface area (Å²) in [7, 11) is 0. The Morgan fingerprint density at radius 3 is 2.86 bits per heavy atom. The van der Waals surface area contributed by atoms with E-state index in [1.165, 1.54) is 12.1 Å². The van der Waals surface area contributed by atoms with Crippen LogP contribution in [0.5, 0.6) is 5.75 Å². The number of carbonyl (C=O) groups excluding carboxylic acids is 1. The van der Waals surface area contributed by atoms with Gasteiger partial charge in [0.1, 0.15) is 18.2 Å². The summed E-state index contributed by atoms with van der Waals surface area (Å²) in [6, 6.07) is 5.38. The number of nitrogens with one attached hydrogen (secondary N) is 1. The van der Waals surface area contributed by atoms with Crippen molar-refractivity contribution in [1.82, 2.24) is 5.32 Å². The molecule has 1 fully saturated rings. The molecule has 1 aromatic rings. The lowest BCUT2D eigenvalue weighted by Gasteiger charge is -2.26. The summed E-state index contributed by atoms with van der Waals surface area (Å²) >= 11 is 0. The fraction of sp³-hybridized carbons (Fsp3) is 0.533. The van der Waals surface area contributed by atoms with Gasteiger partial charge >= 0.3 is 0 Å². The molecule has 1 amide bonds. The third kappa shape index (κ3) is 5.79. The van der Waals surface area contributed by atoms with Crippen molar-refractivity contribution in [3.63, 3.8) is 0 Å². The molecule has 1 unspecified atom stereocenters. The molecule has 7 heteroatoms. The average molecular weight is 333 g/mol. The Balaban J connectivity index is 0.00000242. The van der Waals surface area contributed by atoms with Crippen molar-refractivity contribution in [2.75, 3.05) is 26.4 Å². The second-order valence-corrected chi connectivity index (χ2v) is 5.07. The fourth-order valence-electron chi connectivity index (χ4n) is 2.31. The third-order valence-corrected chi connectivity index (χ3v) is 3.54. The number of hydrogen-bond acceptors (Lipinski definition) is 4. The highest BCUT2D eigenvalue weighted by molar-refractivity contribution is 5.85. The maximum Gasteiger partial charge on any atom is 0.237 e. The molecule has 0 aliphatic carbocycles. The molecule has 0 radical (unpaired) electrons. The largest absolute Gasteiger partial charge is 0.492 e. The number of benzene rings is 1. The van der Waals surface area contributed by atoms with Gasteiger partial charge in [0.15, 0.2) is 0 Å². The molecule has 5 nitrogen and oxygen atoms in total. The quantitative estimate of drug-likeness (QED) is 0.774. The van der Waals surface area contributed by atoms with Crippen molar-refractivity contribution in [1.29, 1.82) is 0 Å². The SMILES string of the molecule is Cl.NC(C(=O)NCCOc1cccc(F)c1)C1CCOCC1. The molecule has 22 heavy (non-hydrogen) atoms. The summed E-state index contributed by atoms with van der Waals surface area (Å²) in [4.78, 5) is 11.9. The first kappa shape index (κ1) is 18.7. The van der Waals surface area contributed by atoms with Crippen LogP contribution < -0.4 is 15.8 Å². The van der Waals surface area contributed by atoms with Crippen LogP contribution in [0.25, 0.3) is 0 Å². The summed E-state index contributed by atoms with van der Waals surface area (Å²) in [5.74, 6) is 0.0867. The number of hydrogen-bond donors (Lipinski definition) is 2. The van der Waals surface area contributed by atoms with Gasteiger partial charge in [-0.05, 0) is 30.9 Å². The molecule has 1 aromatic carbocycles. The molecule has 2 rings (SSSR count). The van der Waals surface area contributed by atoms with Crippen molar-refractivity contribution in [3.05, 3.63) is 30.1 Å². The van der Waals surface area contributed by atoms with Gasteiger partial charge in [-0.3, -0.25) is 4.79 Å². The molecule has 3 N–H and O–H groups in total. The first-order valence-corrected chi connectivity index (χ1v) is 7.16. The van der Waals surface area contributed by atoms with E-state index in [0.29, 0.717) is 25.5 Å². The molecular formula is C15H22ClFN2O3. The number of halogens is 2. The van der Waals surface area contributed by atoms with Gasteiger partial charge in [-0.25, -0.2) is 4.39 Å². The lowest BCUT2D eigenvalue weighted by Crippen LogP contribution is -2.47. The smallest absolute Gasteiger partial charge is 0.237 e. The van der Waals surface area contributed by atoms with E-state index in [4.69, 9.17) is 15.2 Å². The monoisotopic (exact) mass is 332 g/mol. The van der Waals surface area contributed by atoms with Gasteiger partial charge in [-0.1, -0.05) is 6.07 Å². The molecule has 0 spiro atoms. The highest BCUT2D eigenvalue weighted by atomic mass is 35.5. The Morgan fingerprint density at radius 2 is 2.18 bits per heavy atom. The Morgan fingerprint density at radius 1 is 1.45 bits per heavy atom. The zero-order valence-electron chi connectivity index (χ0n) is 12.3. The van der Waals surface area contributed by atoms with Crippen LogP contribution in [0.15, 0.2) is 24.3 Å². The first-order chi connectivity index (χ1) is 10.2. The summed E-state index contributed by atoms with van der Waals surface area (Å²) in [5.41, 5.74) is 5.95. The fourth-order valence-corrected chi connectivity index (χ4v) is 2.31. The van der Waals surface area contributed by atoms with Crippen molar-refractivity contribution in [2.45, 2.75) is 18.9 Å². The second kappa shape index (κ2) is 9.61. The predicted octanol–water partition coefficient (Wildman–Crippen LogP) is 1.50. The predicted molar refractivity (Wildman–Crippen MR) is 83.7 cm³/mol. The van der Waals surface area contributed by atoms with E-state index >= 15 is 0 Å². The maximum atomic E-state index is 12.9. The van der Waals surface area contributed by atoms with Crippen LogP contribution in [0.4, 0.5) is 4.39 Å². The van der Waals surface area contributed by atoms with E-state index < -0.39 is 6.04 Å². The summed E-state index contributed by atoms with van der Waals surface area (Å²) in [5, 5.41) is 2.74. The van der Waals surface area contributed by atoms with E-state index in [9.17, 15) is 9.18 Å². The number of rotatable bonds is 6. The first-order valence-electron chi connectivity index (χ1n) is 7.16. The van der Waals surface area contributed by atoms with E-state index in [1.807, 2.05) is 0 Å². The van der Waals surface area contributed by atoms with Crippen molar-refractivity contribution >= 4 is 18.3 Å². The zero-order valence-corrected chi connectivity index (χ0v) is 13.1. The van der Waals surface area contributed by atoms with Gasteiger partial charge < -0.3 is 20.5 Å². The van der Waals surface area contributed by atoms with Gasteiger partial charge in [0.2, 0.25) is 5.91 Å². The van der Waals surface area contributed by atoms with Gasteiger partial charge in [-0.15, -0.1) is 12.4 Å². The van der Waals surface area contributed by atoms with E-state index in [-0.39, 0.29) is 36.7 Å². The van der Waals surface area contributed by atoms with Crippen LogP contribution in [-0.4, -0.2) is 38.3 Å². The van der Waals surface area contributed by atoms with Crippen LogP contribution in [0.1, 0.15) is 12.8 Å². The highest BCUT2D eigenvalue weighted by Gasteiger charge is 2.26. The summed E-state index contributed by atoms with van der Waals surface area (Å²) in [6.45, 7) is 1.94. The minimum absolute atomic E-state index is 0. The number of carbonyl (C=O) groups is 1. The van der Waals surface area contributed by atoms with Crippen molar-refractivity contribution < 1.29 is 18.7 Å². The molecule has 1 atom stereocenters. The number of amides is 1. The average Bonchev–Trinajstić information content (AvgIpc) is 2.51. The maximum absolute atomic E-state index is 12.9. The molecule has 1 aliphatic heterocycles. The van der Waals surface area contributed by atoms with Crippen LogP contribution in [0.2, 0.25) is 0 Å². The van der Waals surface area contributed by atoms with Crippen molar-refractivity contribution in [3.8, 4) is 5.75 Å². The lowest BCUT2D eigenvalue weighted by atomic mass is 9.92. The van der Waals surface area contributed by atoms with Gasteiger partial charge in [0.05, 0.1) is 12.6 Å². The Bertz CT molecular complexity index is 470. The van der Waals surface area contributed by atoms with Crippen LogP contribution in [-0.2, 0) is 9.53 Å². The summed E-state index contributed by atoms with van der Waals surface area (Å²) in [6.07, 6.45) is 1.63. The Labute approximate surface area is 135 Å². The minimum Gasteiger partial charge on any atom is -0.492 e.